The van der Waals surface area contributed by atoms with Crippen LogP contribution >= 0.6 is 15.9 Å². The van der Waals surface area contributed by atoms with E-state index in [1.165, 1.54) is 0 Å². The van der Waals surface area contributed by atoms with Gasteiger partial charge >= 0.3 is 0 Å². The van der Waals surface area contributed by atoms with E-state index in [-0.39, 0.29) is 5.91 Å². The lowest BCUT2D eigenvalue weighted by molar-refractivity contribution is 0.0949. The van der Waals surface area contributed by atoms with Crippen molar-refractivity contribution < 1.29 is 4.79 Å². The van der Waals surface area contributed by atoms with Crippen LogP contribution in [0.5, 0.6) is 0 Å². The SMILES string of the molecule is CC#CCCNC(=O)c1ccc(Br)cn1. The van der Waals surface area contributed by atoms with E-state index in [1.807, 2.05) is 0 Å². The molecule has 0 bridgehead atoms. The molecule has 1 aromatic rings. The van der Waals surface area contributed by atoms with Crippen molar-refractivity contribution in [2.24, 2.45) is 0 Å². The summed E-state index contributed by atoms with van der Waals surface area (Å²) in [7, 11) is 0. The van der Waals surface area contributed by atoms with Crippen molar-refractivity contribution in [1.82, 2.24) is 10.3 Å². The minimum absolute atomic E-state index is 0.166. The number of hydrogen-bond acceptors (Lipinski definition) is 2. The van der Waals surface area contributed by atoms with Gasteiger partial charge < -0.3 is 5.32 Å². The summed E-state index contributed by atoms with van der Waals surface area (Å²) in [5, 5.41) is 2.73. The summed E-state index contributed by atoms with van der Waals surface area (Å²) in [5.41, 5.74) is 0.419. The lowest BCUT2D eigenvalue weighted by Crippen LogP contribution is -2.24. The van der Waals surface area contributed by atoms with Crippen molar-refractivity contribution in [3.8, 4) is 11.8 Å². The molecule has 0 aliphatic heterocycles. The van der Waals surface area contributed by atoms with Gasteiger partial charge in [0.25, 0.3) is 5.91 Å². The molecule has 15 heavy (non-hydrogen) atoms. The van der Waals surface area contributed by atoms with Crippen molar-refractivity contribution in [3.63, 3.8) is 0 Å². The van der Waals surface area contributed by atoms with Gasteiger partial charge in [0, 0.05) is 23.6 Å². The van der Waals surface area contributed by atoms with E-state index in [9.17, 15) is 4.79 Å². The summed E-state index contributed by atoms with van der Waals surface area (Å²) in [6.45, 7) is 2.33. The van der Waals surface area contributed by atoms with Crippen LogP contribution in [0.1, 0.15) is 23.8 Å². The van der Waals surface area contributed by atoms with Gasteiger partial charge in [0.05, 0.1) is 0 Å². The van der Waals surface area contributed by atoms with Crippen LogP contribution in [0.15, 0.2) is 22.8 Å². The minimum Gasteiger partial charge on any atom is -0.350 e. The maximum atomic E-state index is 11.5. The molecule has 1 aromatic heterocycles. The Balaban J connectivity index is 2.46. The van der Waals surface area contributed by atoms with E-state index in [2.05, 4.69) is 38.1 Å². The third kappa shape index (κ3) is 4.13. The summed E-state index contributed by atoms with van der Waals surface area (Å²) < 4.78 is 0.857. The molecular weight excluding hydrogens is 256 g/mol. The second-order valence-corrected chi connectivity index (χ2v) is 3.71. The molecule has 0 radical (unpaired) electrons. The number of halogens is 1. The second-order valence-electron chi connectivity index (χ2n) is 2.79. The zero-order valence-corrected chi connectivity index (χ0v) is 9.97. The molecule has 0 spiro atoms. The summed E-state index contributed by atoms with van der Waals surface area (Å²) in [5.74, 6) is 5.47. The minimum atomic E-state index is -0.166. The Morgan fingerprint density at radius 2 is 2.40 bits per heavy atom. The van der Waals surface area contributed by atoms with Crippen LogP contribution in [0.2, 0.25) is 0 Å². The van der Waals surface area contributed by atoms with Gasteiger partial charge in [-0.25, -0.2) is 4.98 Å². The number of carbonyl (C=O) groups is 1. The molecule has 0 atom stereocenters. The summed E-state index contributed by atoms with van der Waals surface area (Å²) >= 11 is 3.26. The predicted octanol–water partition coefficient (Wildman–Crippen LogP) is 1.99. The normalized spacial score (nSPS) is 8.93. The van der Waals surface area contributed by atoms with Crippen LogP contribution in [0, 0.1) is 11.8 Å². The highest BCUT2D eigenvalue weighted by atomic mass is 79.9. The first-order valence-electron chi connectivity index (χ1n) is 4.53. The van der Waals surface area contributed by atoms with Gasteiger partial charge in [0.2, 0.25) is 0 Å². The topological polar surface area (TPSA) is 42.0 Å². The van der Waals surface area contributed by atoms with Gasteiger partial charge in [-0.2, -0.15) is 0 Å². The Hall–Kier alpha value is -1.34. The van der Waals surface area contributed by atoms with Gasteiger partial charge in [0.15, 0.2) is 0 Å². The van der Waals surface area contributed by atoms with Crippen LogP contribution in [0.25, 0.3) is 0 Å². The monoisotopic (exact) mass is 266 g/mol. The molecule has 78 valence electrons. The molecule has 0 saturated carbocycles. The highest BCUT2D eigenvalue weighted by molar-refractivity contribution is 9.10. The van der Waals surface area contributed by atoms with E-state index in [4.69, 9.17) is 0 Å². The number of aromatic nitrogens is 1. The average molecular weight is 267 g/mol. The van der Waals surface area contributed by atoms with Crippen molar-refractivity contribution in [1.29, 1.82) is 0 Å². The summed E-state index contributed by atoms with van der Waals surface area (Å²) in [6, 6.07) is 3.46. The quantitative estimate of drug-likeness (QED) is 0.672. The Labute approximate surface area is 97.4 Å². The van der Waals surface area contributed by atoms with Gasteiger partial charge in [-0.3, -0.25) is 4.79 Å². The second kappa shape index (κ2) is 6.20. The Kier molecular flexibility index (Phi) is 4.85. The van der Waals surface area contributed by atoms with Crippen molar-refractivity contribution in [2.45, 2.75) is 13.3 Å². The third-order valence-corrected chi connectivity index (χ3v) is 2.14. The lowest BCUT2D eigenvalue weighted by Gasteiger charge is -2.01. The van der Waals surface area contributed by atoms with Crippen molar-refractivity contribution >= 4 is 21.8 Å². The zero-order valence-electron chi connectivity index (χ0n) is 8.38. The van der Waals surface area contributed by atoms with Crippen LogP contribution < -0.4 is 5.32 Å². The standard InChI is InChI=1S/C11H11BrN2O/c1-2-3-4-7-13-11(15)10-6-5-9(12)8-14-10/h5-6,8H,4,7H2,1H3,(H,13,15). The molecule has 1 amide bonds. The lowest BCUT2D eigenvalue weighted by atomic mass is 10.3. The van der Waals surface area contributed by atoms with E-state index in [0.29, 0.717) is 18.7 Å². The number of amides is 1. The molecule has 0 unspecified atom stereocenters. The van der Waals surface area contributed by atoms with Crippen LogP contribution in [-0.2, 0) is 0 Å². The molecule has 0 aromatic carbocycles. The fraction of sp³-hybridized carbons (Fsp3) is 0.273. The molecule has 1 N–H and O–H groups in total. The summed E-state index contributed by atoms with van der Waals surface area (Å²) in [6.07, 6.45) is 2.26. The number of nitrogens with zero attached hydrogens (tertiary/aromatic N) is 1. The Morgan fingerprint density at radius 1 is 1.60 bits per heavy atom. The highest BCUT2D eigenvalue weighted by Gasteiger charge is 2.04. The molecule has 1 rings (SSSR count). The van der Waals surface area contributed by atoms with E-state index >= 15 is 0 Å². The smallest absolute Gasteiger partial charge is 0.269 e. The van der Waals surface area contributed by atoms with Gasteiger partial charge in [-0.15, -0.1) is 11.8 Å². The van der Waals surface area contributed by atoms with E-state index in [0.717, 1.165) is 4.47 Å². The fourth-order valence-electron chi connectivity index (χ4n) is 0.964. The average Bonchev–Trinajstić information content (AvgIpc) is 2.25. The third-order valence-electron chi connectivity index (χ3n) is 1.67. The van der Waals surface area contributed by atoms with Gasteiger partial charge in [0.1, 0.15) is 5.69 Å². The number of nitrogens with one attached hydrogen (secondary N) is 1. The van der Waals surface area contributed by atoms with E-state index < -0.39 is 0 Å². The zero-order chi connectivity index (χ0) is 11.1. The van der Waals surface area contributed by atoms with Crippen molar-refractivity contribution in [2.75, 3.05) is 6.54 Å². The molecule has 0 aliphatic carbocycles. The van der Waals surface area contributed by atoms with Gasteiger partial charge in [-0.05, 0) is 35.0 Å². The molecule has 0 aliphatic rings. The fourth-order valence-corrected chi connectivity index (χ4v) is 1.20. The molecule has 0 saturated heterocycles. The van der Waals surface area contributed by atoms with Gasteiger partial charge in [-0.1, -0.05) is 0 Å². The number of pyridine rings is 1. The number of carbonyl (C=O) groups excluding carboxylic acids is 1. The molecule has 4 heteroatoms. The number of rotatable bonds is 3. The first kappa shape index (κ1) is 11.7. The van der Waals surface area contributed by atoms with Crippen molar-refractivity contribution in [3.05, 3.63) is 28.5 Å². The van der Waals surface area contributed by atoms with Crippen LogP contribution in [0.3, 0.4) is 0 Å². The first-order chi connectivity index (χ1) is 7.24. The van der Waals surface area contributed by atoms with Crippen LogP contribution in [-0.4, -0.2) is 17.4 Å². The molecule has 3 nitrogen and oxygen atoms in total. The maximum Gasteiger partial charge on any atom is 0.269 e. The van der Waals surface area contributed by atoms with Crippen LogP contribution in [0.4, 0.5) is 0 Å². The summed E-state index contributed by atoms with van der Waals surface area (Å²) in [4.78, 5) is 15.5. The largest absolute Gasteiger partial charge is 0.350 e. The number of hydrogen-bond donors (Lipinski definition) is 1. The Morgan fingerprint density at radius 3 is 3.00 bits per heavy atom. The molecule has 1 heterocycles. The Bertz CT molecular complexity index is 389. The molecule has 0 fully saturated rings. The highest BCUT2D eigenvalue weighted by Crippen LogP contribution is 2.06. The maximum absolute atomic E-state index is 11.5. The van der Waals surface area contributed by atoms with E-state index in [1.54, 1.807) is 25.3 Å². The first-order valence-corrected chi connectivity index (χ1v) is 5.32. The predicted molar refractivity (Wildman–Crippen MR) is 62.3 cm³/mol. The molecular formula is C11H11BrN2O.